The molecule has 0 aromatic heterocycles. The van der Waals surface area contributed by atoms with Crippen molar-refractivity contribution in [2.75, 3.05) is 5.06 Å². The minimum Gasteiger partial charge on any atom is -0.269 e. The molecule has 2 heterocycles. The van der Waals surface area contributed by atoms with Crippen LogP contribution in [0.1, 0.15) is 28.7 Å². The van der Waals surface area contributed by atoms with Gasteiger partial charge in [-0.05, 0) is 42.2 Å². The third-order valence-corrected chi connectivity index (χ3v) is 4.64. The smallest absolute Gasteiger partial charge is 0.0921 e. The van der Waals surface area contributed by atoms with E-state index in [4.69, 9.17) is 4.84 Å². The molecule has 0 N–H and O–H groups in total. The highest BCUT2D eigenvalue weighted by atomic mass is 16.7. The summed E-state index contributed by atoms with van der Waals surface area (Å²) in [5, 5.41) is 2.13. The van der Waals surface area contributed by atoms with E-state index in [0.29, 0.717) is 12.1 Å². The predicted molar refractivity (Wildman–Crippen MR) is 90.9 cm³/mol. The lowest BCUT2D eigenvalue weighted by Gasteiger charge is -2.30. The molecule has 2 atom stereocenters. The Kier molecular flexibility index (Phi) is 3.27. The lowest BCUT2D eigenvalue weighted by molar-refractivity contribution is 0.0750. The minimum atomic E-state index is 0.319. The average Bonchev–Trinajstić information content (AvgIpc) is 2.85. The highest BCUT2D eigenvalue weighted by Crippen LogP contribution is 2.40. The van der Waals surface area contributed by atoms with Crippen LogP contribution in [0.5, 0.6) is 0 Å². The molecular weight excluding hydrogens is 270 g/mol. The molecule has 2 nitrogen and oxygen atoms in total. The van der Waals surface area contributed by atoms with Crippen LogP contribution in [0, 0.1) is 13.8 Å². The Morgan fingerprint density at radius 3 is 2.77 bits per heavy atom. The van der Waals surface area contributed by atoms with Crippen LogP contribution in [0.2, 0.25) is 0 Å². The number of hydroxylamine groups is 1. The topological polar surface area (TPSA) is 12.5 Å². The van der Waals surface area contributed by atoms with Crippen molar-refractivity contribution in [2.45, 2.75) is 38.8 Å². The van der Waals surface area contributed by atoms with E-state index in [1.54, 1.807) is 0 Å². The Balaban J connectivity index is 1.66. The lowest BCUT2D eigenvalue weighted by Crippen LogP contribution is -2.30. The molecule has 4 rings (SSSR count). The van der Waals surface area contributed by atoms with Gasteiger partial charge in [-0.2, -0.15) is 0 Å². The number of benzene rings is 2. The maximum absolute atomic E-state index is 6.12. The van der Waals surface area contributed by atoms with Gasteiger partial charge in [-0.1, -0.05) is 48.6 Å². The summed E-state index contributed by atoms with van der Waals surface area (Å²) in [6, 6.07) is 15.3. The molecule has 0 aliphatic carbocycles. The zero-order chi connectivity index (χ0) is 15.1. The molecule has 0 saturated carbocycles. The zero-order valence-electron chi connectivity index (χ0n) is 13.1. The van der Waals surface area contributed by atoms with Crippen LogP contribution in [0.15, 0.2) is 48.5 Å². The third-order valence-electron chi connectivity index (χ3n) is 4.64. The maximum atomic E-state index is 6.12. The summed E-state index contributed by atoms with van der Waals surface area (Å²) < 4.78 is 0. The van der Waals surface area contributed by atoms with E-state index in [1.807, 2.05) is 6.07 Å². The third kappa shape index (κ3) is 2.34. The molecule has 1 unspecified atom stereocenters. The van der Waals surface area contributed by atoms with Gasteiger partial charge < -0.3 is 0 Å². The van der Waals surface area contributed by atoms with Gasteiger partial charge >= 0.3 is 0 Å². The second-order valence-corrected chi connectivity index (χ2v) is 6.41. The van der Waals surface area contributed by atoms with Gasteiger partial charge in [0.15, 0.2) is 0 Å². The Bertz CT molecular complexity index is 720. The van der Waals surface area contributed by atoms with E-state index >= 15 is 0 Å². The van der Waals surface area contributed by atoms with Crippen LogP contribution in [-0.4, -0.2) is 12.1 Å². The fourth-order valence-electron chi connectivity index (χ4n) is 3.61. The summed E-state index contributed by atoms with van der Waals surface area (Å²) >= 11 is 0. The first kappa shape index (κ1) is 13.6. The van der Waals surface area contributed by atoms with Crippen molar-refractivity contribution < 1.29 is 4.84 Å². The summed E-state index contributed by atoms with van der Waals surface area (Å²) in [4.78, 5) is 6.12. The number of hydrogen-bond donors (Lipinski definition) is 0. The first-order chi connectivity index (χ1) is 10.7. The molecule has 2 aliphatic heterocycles. The number of aryl methyl sites for hydroxylation is 2. The molecule has 1 fully saturated rings. The van der Waals surface area contributed by atoms with Gasteiger partial charge in [0.2, 0.25) is 0 Å². The van der Waals surface area contributed by atoms with Crippen molar-refractivity contribution in [1.29, 1.82) is 0 Å². The number of nitrogens with zero attached hydrogens (tertiary/aromatic N) is 1. The van der Waals surface area contributed by atoms with E-state index < -0.39 is 0 Å². The predicted octanol–water partition coefficient (Wildman–Crippen LogP) is 4.45. The Morgan fingerprint density at radius 1 is 1.14 bits per heavy atom. The van der Waals surface area contributed by atoms with Crippen LogP contribution in [0.25, 0.3) is 6.08 Å². The summed E-state index contributed by atoms with van der Waals surface area (Å²) in [5.41, 5.74) is 6.65. The molecular formula is C20H21NO. The van der Waals surface area contributed by atoms with Crippen molar-refractivity contribution >= 4 is 11.8 Å². The van der Waals surface area contributed by atoms with Crippen LogP contribution < -0.4 is 5.06 Å². The molecule has 1 saturated heterocycles. The zero-order valence-corrected chi connectivity index (χ0v) is 13.1. The molecule has 2 aliphatic rings. The quantitative estimate of drug-likeness (QED) is 0.810. The summed E-state index contributed by atoms with van der Waals surface area (Å²) in [6.07, 6.45) is 6.91. The fraction of sp³-hybridized carbons (Fsp3) is 0.300. The van der Waals surface area contributed by atoms with E-state index in [9.17, 15) is 0 Å². The van der Waals surface area contributed by atoms with Crippen LogP contribution in [0.3, 0.4) is 0 Å². The highest BCUT2D eigenvalue weighted by molar-refractivity contribution is 5.62. The standard InChI is InChI=1S/C20H21NO/c1-14-10-15(2)19-13-18-12-17(21(22-18)20(19)11-14)9-8-16-6-4-3-5-7-16/h3-11,17-18H,12-13H2,1-2H3/b9-8+/t17-,18?/m1/s1. The first-order valence-electron chi connectivity index (χ1n) is 8.00. The Hall–Kier alpha value is -2.06. The molecule has 0 radical (unpaired) electrons. The second-order valence-electron chi connectivity index (χ2n) is 6.41. The van der Waals surface area contributed by atoms with Crippen molar-refractivity contribution in [2.24, 2.45) is 0 Å². The van der Waals surface area contributed by atoms with E-state index in [-0.39, 0.29) is 0 Å². The first-order valence-corrected chi connectivity index (χ1v) is 8.00. The van der Waals surface area contributed by atoms with E-state index in [2.05, 4.69) is 67.5 Å². The van der Waals surface area contributed by atoms with Crippen molar-refractivity contribution in [3.05, 3.63) is 70.8 Å². The molecule has 2 heteroatoms. The molecule has 2 bridgehead atoms. The monoisotopic (exact) mass is 291 g/mol. The molecule has 2 aromatic rings. The van der Waals surface area contributed by atoms with Crippen LogP contribution in [0.4, 0.5) is 5.69 Å². The summed E-state index contributed by atoms with van der Waals surface area (Å²) in [5.74, 6) is 0. The minimum absolute atomic E-state index is 0.319. The SMILES string of the molecule is Cc1cc(C)c2c(c1)N1OC(C2)C[C@H]1/C=C/c1ccccc1. The van der Waals surface area contributed by atoms with Crippen molar-refractivity contribution in [3.8, 4) is 0 Å². The number of anilines is 1. The Labute approximate surface area is 132 Å². The van der Waals surface area contributed by atoms with Crippen LogP contribution in [-0.2, 0) is 11.3 Å². The van der Waals surface area contributed by atoms with Gasteiger partial charge in [-0.3, -0.25) is 4.84 Å². The van der Waals surface area contributed by atoms with E-state index in [1.165, 1.54) is 27.9 Å². The molecule has 112 valence electrons. The summed E-state index contributed by atoms with van der Waals surface area (Å²) in [7, 11) is 0. The van der Waals surface area contributed by atoms with Crippen molar-refractivity contribution in [3.63, 3.8) is 0 Å². The second kappa shape index (κ2) is 5.29. The average molecular weight is 291 g/mol. The van der Waals surface area contributed by atoms with Gasteiger partial charge in [0.05, 0.1) is 17.8 Å². The highest BCUT2D eigenvalue weighted by Gasteiger charge is 2.38. The molecule has 2 aromatic carbocycles. The van der Waals surface area contributed by atoms with Gasteiger partial charge in [0, 0.05) is 12.8 Å². The van der Waals surface area contributed by atoms with Crippen molar-refractivity contribution in [1.82, 2.24) is 0 Å². The number of fused-ring (bicyclic) bond motifs is 4. The largest absolute Gasteiger partial charge is 0.269 e. The number of hydrogen-bond acceptors (Lipinski definition) is 2. The molecule has 22 heavy (non-hydrogen) atoms. The van der Waals surface area contributed by atoms with Gasteiger partial charge in [-0.25, -0.2) is 5.06 Å². The summed E-state index contributed by atoms with van der Waals surface area (Å²) in [6.45, 7) is 4.37. The molecule has 0 spiro atoms. The van der Waals surface area contributed by atoms with Gasteiger partial charge in [0.1, 0.15) is 0 Å². The Morgan fingerprint density at radius 2 is 1.95 bits per heavy atom. The maximum Gasteiger partial charge on any atom is 0.0921 e. The lowest BCUT2D eigenvalue weighted by atomic mass is 9.97. The normalized spacial score (nSPS) is 23.1. The molecule has 0 amide bonds. The van der Waals surface area contributed by atoms with Gasteiger partial charge in [0.25, 0.3) is 0 Å². The van der Waals surface area contributed by atoms with E-state index in [0.717, 1.165) is 12.8 Å². The fourth-order valence-corrected chi connectivity index (χ4v) is 3.61. The van der Waals surface area contributed by atoms with Gasteiger partial charge in [-0.15, -0.1) is 0 Å². The number of rotatable bonds is 2. The van der Waals surface area contributed by atoms with Crippen LogP contribution >= 0.6 is 0 Å².